The van der Waals surface area contributed by atoms with Crippen molar-refractivity contribution in [3.63, 3.8) is 0 Å². The maximum atomic E-state index is 13.7. The van der Waals surface area contributed by atoms with Crippen molar-refractivity contribution in [1.82, 2.24) is 0 Å². The summed E-state index contributed by atoms with van der Waals surface area (Å²) >= 11 is 0. The van der Waals surface area contributed by atoms with Gasteiger partial charge in [-0.1, -0.05) is 24.3 Å². The zero-order chi connectivity index (χ0) is 9.64. The molecule has 0 saturated heterocycles. The third kappa shape index (κ3) is 0.947. The van der Waals surface area contributed by atoms with Crippen LogP contribution in [-0.2, 0) is 0 Å². The first kappa shape index (κ1) is 8.42. The van der Waals surface area contributed by atoms with Crippen molar-refractivity contribution in [1.29, 1.82) is 0 Å². The average Bonchev–Trinajstić information content (AvgIpc) is 2.30. The quantitative estimate of drug-likeness (QED) is 0.597. The highest BCUT2D eigenvalue weighted by Gasteiger charge is 2.46. The van der Waals surface area contributed by atoms with Gasteiger partial charge in [0.1, 0.15) is 6.17 Å². The van der Waals surface area contributed by atoms with Crippen LogP contribution in [0.5, 0.6) is 0 Å². The standard InChI is InChI=1S/C11H11FO/c1-11(2)9(12)7-5-3-4-6-8(7)10(11)13/h3-6,9H,1-2H3. The molecule has 13 heavy (non-hydrogen) atoms. The lowest BCUT2D eigenvalue weighted by molar-refractivity contribution is 0.0738. The SMILES string of the molecule is CC1(C)C(=O)c2ccccc2C1F. The van der Waals surface area contributed by atoms with E-state index >= 15 is 0 Å². The molecule has 0 aliphatic heterocycles. The number of rotatable bonds is 0. The molecular formula is C11H11FO. The number of hydrogen-bond acceptors (Lipinski definition) is 1. The summed E-state index contributed by atoms with van der Waals surface area (Å²) in [7, 11) is 0. The zero-order valence-electron chi connectivity index (χ0n) is 7.67. The Balaban J connectivity index is 2.64. The molecule has 1 aliphatic carbocycles. The van der Waals surface area contributed by atoms with Crippen LogP contribution < -0.4 is 0 Å². The van der Waals surface area contributed by atoms with E-state index in [2.05, 4.69) is 0 Å². The van der Waals surface area contributed by atoms with Gasteiger partial charge >= 0.3 is 0 Å². The number of fused-ring (bicyclic) bond motifs is 1. The minimum atomic E-state index is -1.16. The molecular weight excluding hydrogens is 167 g/mol. The van der Waals surface area contributed by atoms with Gasteiger partial charge < -0.3 is 0 Å². The lowest BCUT2D eigenvalue weighted by atomic mass is 9.87. The summed E-state index contributed by atoms with van der Waals surface area (Å²) in [5.41, 5.74) is 0.196. The molecule has 2 rings (SSSR count). The molecule has 0 heterocycles. The Hall–Kier alpha value is -1.18. The average molecular weight is 178 g/mol. The fourth-order valence-corrected chi connectivity index (χ4v) is 1.78. The van der Waals surface area contributed by atoms with E-state index in [1.54, 1.807) is 38.1 Å². The number of carbonyl (C=O) groups is 1. The Morgan fingerprint density at radius 3 is 2.54 bits per heavy atom. The molecule has 0 radical (unpaired) electrons. The molecule has 0 N–H and O–H groups in total. The van der Waals surface area contributed by atoms with Crippen LogP contribution in [0.1, 0.15) is 35.9 Å². The number of carbonyl (C=O) groups excluding carboxylic acids is 1. The number of ketones is 1. The van der Waals surface area contributed by atoms with Gasteiger partial charge in [-0.25, -0.2) is 4.39 Å². The molecule has 0 aromatic heterocycles. The number of benzene rings is 1. The summed E-state index contributed by atoms with van der Waals surface area (Å²) in [6, 6.07) is 6.91. The third-order valence-electron chi connectivity index (χ3n) is 2.70. The van der Waals surface area contributed by atoms with E-state index in [4.69, 9.17) is 0 Å². The summed E-state index contributed by atoms with van der Waals surface area (Å²) in [5.74, 6) is -0.0874. The highest BCUT2D eigenvalue weighted by atomic mass is 19.1. The van der Waals surface area contributed by atoms with Crippen molar-refractivity contribution in [3.05, 3.63) is 35.4 Å². The number of hydrogen-bond donors (Lipinski definition) is 0. The summed E-state index contributed by atoms with van der Waals surface area (Å²) in [5, 5.41) is 0. The van der Waals surface area contributed by atoms with Gasteiger partial charge in [-0.05, 0) is 19.4 Å². The predicted molar refractivity (Wildman–Crippen MR) is 48.4 cm³/mol. The van der Waals surface area contributed by atoms with E-state index in [1.807, 2.05) is 0 Å². The first-order chi connectivity index (χ1) is 6.05. The Morgan fingerprint density at radius 2 is 1.92 bits per heavy atom. The van der Waals surface area contributed by atoms with E-state index in [0.29, 0.717) is 11.1 Å². The van der Waals surface area contributed by atoms with Crippen molar-refractivity contribution in [2.24, 2.45) is 5.41 Å². The number of Topliss-reactive ketones (excluding diaryl/α,β-unsaturated/α-hetero) is 1. The zero-order valence-corrected chi connectivity index (χ0v) is 7.67. The van der Waals surface area contributed by atoms with E-state index in [9.17, 15) is 9.18 Å². The molecule has 68 valence electrons. The Morgan fingerprint density at radius 1 is 1.31 bits per heavy atom. The first-order valence-corrected chi connectivity index (χ1v) is 4.33. The summed E-state index contributed by atoms with van der Waals surface area (Å²) in [4.78, 5) is 11.7. The van der Waals surface area contributed by atoms with Gasteiger partial charge in [0.2, 0.25) is 0 Å². The predicted octanol–water partition coefficient (Wildman–Crippen LogP) is 2.92. The minimum Gasteiger partial charge on any atom is -0.293 e. The summed E-state index contributed by atoms with van der Waals surface area (Å²) in [6.45, 7) is 3.31. The van der Waals surface area contributed by atoms with E-state index in [0.717, 1.165) is 0 Å². The number of halogens is 1. The van der Waals surface area contributed by atoms with Crippen LogP contribution in [0.4, 0.5) is 4.39 Å². The topological polar surface area (TPSA) is 17.1 Å². The van der Waals surface area contributed by atoms with Crippen LogP contribution in [0.15, 0.2) is 24.3 Å². The highest BCUT2D eigenvalue weighted by Crippen LogP contribution is 2.47. The third-order valence-corrected chi connectivity index (χ3v) is 2.70. The Labute approximate surface area is 76.6 Å². The molecule has 0 fully saturated rings. The summed E-state index contributed by atoms with van der Waals surface area (Å²) < 4.78 is 13.7. The molecule has 1 unspecified atom stereocenters. The van der Waals surface area contributed by atoms with Crippen LogP contribution in [-0.4, -0.2) is 5.78 Å². The van der Waals surface area contributed by atoms with Crippen molar-refractivity contribution in [2.45, 2.75) is 20.0 Å². The minimum absolute atomic E-state index is 0.0874. The van der Waals surface area contributed by atoms with E-state index in [-0.39, 0.29) is 5.78 Å². The van der Waals surface area contributed by atoms with E-state index < -0.39 is 11.6 Å². The molecule has 0 amide bonds. The van der Waals surface area contributed by atoms with Crippen molar-refractivity contribution in [2.75, 3.05) is 0 Å². The molecule has 0 spiro atoms. The number of alkyl halides is 1. The van der Waals surface area contributed by atoms with E-state index in [1.165, 1.54) is 0 Å². The molecule has 1 aromatic carbocycles. The smallest absolute Gasteiger partial charge is 0.172 e. The Bertz CT molecular complexity index is 368. The van der Waals surface area contributed by atoms with Gasteiger partial charge in [-0.15, -0.1) is 0 Å². The van der Waals surface area contributed by atoms with Crippen LogP contribution in [0, 0.1) is 5.41 Å². The fraction of sp³-hybridized carbons (Fsp3) is 0.364. The molecule has 1 aliphatic rings. The molecule has 1 atom stereocenters. The summed E-state index contributed by atoms with van der Waals surface area (Å²) in [6.07, 6.45) is -1.16. The second kappa shape index (κ2) is 2.41. The molecule has 0 saturated carbocycles. The molecule has 1 nitrogen and oxygen atoms in total. The van der Waals surface area contributed by atoms with Gasteiger partial charge in [0.25, 0.3) is 0 Å². The monoisotopic (exact) mass is 178 g/mol. The van der Waals surface area contributed by atoms with Crippen LogP contribution >= 0.6 is 0 Å². The van der Waals surface area contributed by atoms with Gasteiger partial charge in [0.05, 0.1) is 5.41 Å². The fourth-order valence-electron chi connectivity index (χ4n) is 1.78. The maximum absolute atomic E-state index is 13.7. The lowest BCUT2D eigenvalue weighted by Gasteiger charge is -2.18. The van der Waals surface area contributed by atoms with Crippen LogP contribution in [0.3, 0.4) is 0 Å². The maximum Gasteiger partial charge on any atom is 0.172 e. The Kier molecular flexibility index (Phi) is 1.56. The van der Waals surface area contributed by atoms with Gasteiger partial charge in [-0.2, -0.15) is 0 Å². The molecule has 0 bridgehead atoms. The second-order valence-electron chi connectivity index (χ2n) is 4.00. The highest BCUT2D eigenvalue weighted by molar-refractivity contribution is 6.05. The van der Waals surface area contributed by atoms with Gasteiger partial charge in [-0.3, -0.25) is 4.79 Å². The second-order valence-corrected chi connectivity index (χ2v) is 4.00. The molecule has 1 aromatic rings. The molecule has 2 heteroatoms. The largest absolute Gasteiger partial charge is 0.293 e. The lowest BCUT2D eigenvalue weighted by Crippen LogP contribution is -2.21. The first-order valence-electron chi connectivity index (χ1n) is 4.33. The van der Waals surface area contributed by atoms with Gasteiger partial charge in [0.15, 0.2) is 5.78 Å². The van der Waals surface area contributed by atoms with Crippen molar-refractivity contribution >= 4 is 5.78 Å². The van der Waals surface area contributed by atoms with Crippen LogP contribution in [0.25, 0.3) is 0 Å². The normalized spacial score (nSPS) is 24.5. The van der Waals surface area contributed by atoms with Crippen molar-refractivity contribution in [3.8, 4) is 0 Å². The van der Waals surface area contributed by atoms with Crippen molar-refractivity contribution < 1.29 is 9.18 Å². The van der Waals surface area contributed by atoms with Crippen LogP contribution in [0.2, 0.25) is 0 Å². The van der Waals surface area contributed by atoms with Gasteiger partial charge in [0, 0.05) is 5.56 Å².